The average molecular weight is 211 g/mol. The zero-order chi connectivity index (χ0) is 11.5. The third-order valence-electron chi connectivity index (χ3n) is 3.81. The highest BCUT2D eigenvalue weighted by atomic mass is 14.9. The molecule has 0 heterocycles. The minimum Gasteiger partial charge on any atom is -0.313 e. The lowest BCUT2D eigenvalue weighted by molar-refractivity contribution is 0.139. The summed E-state index contributed by atoms with van der Waals surface area (Å²) in [4.78, 5) is 0. The zero-order valence-corrected chi connectivity index (χ0v) is 11.3. The summed E-state index contributed by atoms with van der Waals surface area (Å²) in [5, 5.41) is 3.71. The zero-order valence-electron chi connectivity index (χ0n) is 11.3. The first-order valence-corrected chi connectivity index (χ1v) is 6.68. The first kappa shape index (κ1) is 13.0. The van der Waals surface area contributed by atoms with Gasteiger partial charge >= 0.3 is 0 Å². The summed E-state index contributed by atoms with van der Waals surface area (Å²) in [5.74, 6) is 1.83. The molecular formula is C14H29N. The molecule has 1 heteroatoms. The van der Waals surface area contributed by atoms with Gasteiger partial charge in [0.15, 0.2) is 0 Å². The summed E-state index contributed by atoms with van der Waals surface area (Å²) in [5.41, 5.74) is 0.401. The minimum absolute atomic E-state index is 0.401. The lowest BCUT2D eigenvalue weighted by atomic mass is 9.70. The van der Waals surface area contributed by atoms with Gasteiger partial charge < -0.3 is 5.32 Å². The van der Waals surface area contributed by atoms with Crippen molar-refractivity contribution in [3.8, 4) is 0 Å². The van der Waals surface area contributed by atoms with Crippen LogP contribution in [0.2, 0.25) is 0 Å². The van der Waals surface area contributed by atoms with Crippen LogP contribution in [0.3, 0.4) is 0 Å². The van der Waals surface area contributed by atoms with Crippen LogP contribution >= 0.6 is 0 Å². The molecule has 3 atom stereocenters. The monoisotopic (exact) mass is 211 g/mol. The van der Waals surface area contributed by atoms with E-state index in [1.807, 2.05) is 0 Å². The largest absolute Gasteiger partial charge is 0.313 e. The number of rotatable bonds is 3. The van der Waals surface area contributed by atoms with Crippen LogP contribution in [0, 0.1) is 17.3 Å². The van der Waals surface area contributed by atoms with Crippen molar-refractivity contribution in [2.75, 3.05) is 6.54 Å². The standard InChI is InChI=1S/C14H29N/c1-6-15-13(14(3,4)5)12-9-7-8-11(2)10-12/h11-13,15H,6-10H2,1-5H3. The predicted molar refractivity (Wildman–Crippen MR) is 68.0 cm³/mol. The van der Waals surface area contributed by atoms with Crippen molar-refractivity contribution < 1.29 is 0 Å². The topological polar surface area (TPSA) is 12.0 Å². The number of hydrogen-bond donors (Lipinski definition) is 1. The van der Waals surface area contributed by atoms with E-state index in [4.69, 9.17) is 0 Å². The maximum absolute atomic E-state index is 3.71. The Morgan fingerprint density at radius 2 is 1.93 bits per heavy atom. The molecule has 0 aromatic rings. The van der Waals surface area contributed by atoms with Crippen molar-refractivity contribution >= 4 is 0 Å². The van der Waals surface area contributed by atoms with Gasteiger partial charge in [0.25, 0.3) is 0 Å². The van der Waals surface area contributed by atoms with Crippen LogP contribution in [-0.4, -0.2) is 12.6 Å². The molecule has 90 valence electrons. The summed E-state index contributed by atoms with van der Waals surface area (Å²) in [6.07, 6.45) is 5.73. The normalized spacial score (nSPS) is 30.2. The number of hydrogen-bond acceptors (Lipinski definition) is 1. The fourth-order valence-corrected chi connectivity index (χ4v) is 3.18. The van der Waals surface area contributed by atoms with Crippen LogP contribution in [0.5, 0.6) is 0 Å². The Hall–Kier alpha value is -0.0400. The third kappa shape index (κ3) is 3.79. The van der Waals surface area contributed by atoms with Gasteiger partial charge in [-0.25, -0.2) is 0 Å². The molecule has 3 unspecified atom stereocenters. The van der Waals surface area contributed by atoms with Gasteiger partial charge in [-0.05, 0) is 36.6 Å². The summed E-state index contributed by atoms with van der Waals surface area (Å²) in [6.45, 7) is 12.9. The van der Waals surface area contributed by atoms with Gasteiger partial charge in [0.2, 0.25) is 0 Å². The summed E-state index contributed by atoms with van der Waals surface area (Å²) >= 11 is 0. The van der Waals surface area contributed by atoms with Gasteiger partial charge in [0.1, 0.15) is 0 Å². The Kier molecular flexibility index (Phi) is 4.64. The average Bonchev–Trinajstić information content (AvgIpc) is 2.12. The predicted octanol–water partition coefficient (Wildman–Crippen LogP) is 3.84. The van der Waals surface area contributed by atoms with Crippen molar-refractivity contribution in [3.05, 3.63) is 0 Å². The molecule has 1 saturated carbocycles. The minimum atomic E-state index is 0.401. The van der Waals surface area contributed by atoms with Crippen molar-refractivity contribution in [2.24, 2.45) is 17.3 Å². The van der Waals surface area contributed by atoms with Crippen LogP contribution in [0.15, 0.2) is 0 Å². The Labute approximate surface area is 96.0 Å². The van der Waals surface area contributed by atoms with Crippen molar-refractivity contribution in [1.29, 1.82) is 0 Å². The van der Waals surface area contributed by atoms with E-state index in [0.717, 1.165) is 18.4 Å². The van der Waals surface area contributed by atoms with E-state index in [2.05, 4.69) is 39.9 Å². The van der Waals surface area contributed by atoms with E-state index < -0.39 is 0 Å². The van der Waals surface area contributed by atoms with Crippen LogP contribution in [0.1, 0.15) is 60.3 Å². The Bertz CT molecular complexity index is 180. The summed E-state index contributed by atoms with van der Waals surface area (Å²) in [7, 11) is 0. The van der Waals surface area contributed by atoms with Gasteiger partial charge in [-0.1, -0.05) is 47.5 Å². The molecule has 0 aromatic heterocycles. The lowest BCUT2D eigenvalue weighted by Gasteiger charge is -2.41. The Balaban J connectivity index is 2.62. The quantitative estimate of drug-likeness (QED) is 0.748. The van der Waals surface area contributed by atoms with Gasteiger partial charge in [-0.2, -0.15) is 0 Å². The second-order valence-electron chi connectivity index (χ2n) is 6.43. The maximum Gasteiger partial charge on any atom is 0.0144 e. The lowest BCUT2D eigenvalue weighted by Crippen LogP contribution is -2.47. The summed E-state index contributed by atoms with van der Waals surface area (Å²) < 4.78 is 0. The molecule has 1 nitrogen and oxygen atoms in total. The highest BCUT2D eigenvalue weighted by molar-refractivity contribution is 4.88. The van der Waals surface area contributed by atoms with Gasteiger partial charge in [-0.3, -0.25) is 0 Å². The third-order valence-corrected chi connectivity index (χ3v) is 3.81. The highest BCUT2D eigenvalue weighted by Crippen LogP contribution is 2.36. The van der Waals surface area contributed by atoms with Gasteiger partial charge in [-0.15, -0.1) is 0 Å². The van der Waals surface area contributed by atoms with Gasteiger partial charge in [0, 0.05) is 6.04 Å². The molecule has 15 heavy (non-hydrogen) atoms. The van der Waals surface area contributed by atoms with Crippen LogP contribution in [-0.2, 0) is 0 Å². The van der Waals surface area contributed by atoms with Crippen molar-refractivity contribution in [3.63, 3.8) is 0 Å². The SMILES string of the molecule is CCNC(C1CCCC(C)C1)C(C)(C)C. The highest BCUT2D eigenvalue weighted by Gasteiger charge is 2.33. The van der Waals surface area contributed by atoms with E-state index >= 15 is 0 Å². The molecule has 0 saturated heterocycles. The van der Waals surface area contributed by atoms with Crippen molar-refractivity contribution in [1.82, 2.24) is 5.32 Å². The summed E-state index contributed by atoms with van der Waals surface area (Å²) in [6, 6.07) is 0.699. The van der Waals surface area contributed by atoms with E-state index in [9.17, 15) is 0 Å². The van der Waals surface area contributed by atoms with Crippen molar-refractivity contribution in [2.45, 2.75) is 66.3 Å². The first-order chi connectivity index (χ1) is 6.95. The van der Waals surface area contributed by atoms with E-state index in [0.29, 0.717) is 11.5 Å². The van der Waals surface area contributed by atoms with E-state index in [-0.39, 0.29) is 0 Å². The molecule has 1 aliphatic rings. The second-order valence-corrected chi connectivity index (χ2v) is 6.43. The van der Waals surface area contributed by atoms with E-state index in [1.165, 1.54) is 25.7 Å². The van der Waals surface area contributed by atoms with Crippen LogP contribution in [0.4, 0.5) is 0 Å². The molecule has 1 fully saturated rings. The fraction of sp³-hybridized carbons (Fsp3) is 1.00. The molecule has 1 rings (SSSR count). The molecule has 1 N–H and O–H groups in total. The fourth-order valence-electron chi connectivity index (χ4n) is 3.18. The van der Waals surface area contributed by atoms with Gasteiger partial charge in [0.05, 0.1) is 0 Å². The maximum atomic E-state index is 3.71. The molecule has 0 aliphatic heterocycles. The van der Waals surface area contributed by atoms with Crippen LogP contribution < -0.4 is 5.32 Å². The molecule has 0 bridgehead atoms. The molecule has 0 amide bonds. The second kappa shape index (κ2) is 5.34. The Morgan fingerprint density at radius 3 is 2.40 bits per heavy atom. The van der Waals surface area contributed by atoms with Crippen LogP contribution in [0.25, 0.3) is 0 Å². The Morgan fingerprint density at radius 1 is 1.27 bits per heavy atom. The number of nitrogens with one attached hydrogen (secondary N) is 1. The smallest absolute Gasteiger partial charge is 0.0144 e. The van der Waals surface area contributed by atoms with E-state index in [1.54, 1.807) is 0 Å². The molecular weight excluding hydrogens is 182 g/mol. The molecule has 0 spiro atoms. The molecule has 0 aromatic carbocycles. The molecule has 1 aliphatic carbocycles. The molecule has 0 radical (unpaired) electrons. The first-order valence-electron chi connectivity index (χ1n) is 6.68.